The van der Waals surface area contributed by atoms with Crippen molar-refractivity contribution in [2.24, 2.45) is 0 Å². The Bertz CT molecular complexity index is 1220. The Labute approximate surface area is 199 Å². The Morgan fingerprint density at radius 1 is 0.971 bits per heavy atom. The minimum atomic E-state index is -0.446. The first-order valence-electron chi connectivity index (χ1n) is 11.2. The molecule has 0 aromatic heterocycles. The van der Waals surface area contributed by atoms with Crippen LogP contribution in [0.5, 0.6) is 5.75 Å². The zero-order chi connectivity index (χ0) is 24.1. The smallest absolute Gasteiger partial charge is 0.266 e. The van der Waals surface area contributed by atoms with E-state index in [0.29, 0.717) is 43.1 Å². The van der Waals surface area contributed by atoms with E-state index in [-0.39, 0.29) is 17.0 Å². The number of hydrogen-bond donors (Lipinski definition) is 0. The first-order valence-corrected chi connectivity index (χ1v) is 11.2. The molecule has 6 nitrogen and oxygen atoms in total. The van der Waals surface area contributed by atoms with Gasteiger partial charge in [-0.15, -0.1) is 6.58 Å². The van der Waals surface area contributed by atoms with Crippen LogP contribution in [-0.4, -0.2) is 42.3 Å². The molecular weight excluding hydrogens is 428 g/mol. The molecule has 0 unspecified atom stereocenters. The van der Waals surface area contributed by atoms with Gasteiger partial charge in [0.2, 0.25) is 0 Å². The molecule has 0 aliphatic carbocycles. The second-order valence-corrected chi connectivity index (χ2v) is 7.91. The van der Waals surface area contributed by atoms with Crippen LogP contribution in [0, 0.1) is 0 Å². The lowest BCUT2D eigenvalue weighted by atomic mass is 10.0. The molecule has 34 heavy (non-hydrogen) atoms. The van der Waals surface area contributed by atoms with Crippen LogP contribution in [0.1, 0.15) is 43.6 Å². The molecule has 0 N–H and O–H groups in total. The first kappa shape index (κ1) is 23.0. The van der Waals surface area contributed by atoms with Gasteiger partial charge >= 0.3 is 0 Å². The van der Waals surface area contributed by atoms with Crippen molar-refractivity contribution in [2.45, 2.75) is 13.3 Å². The minimum absolute atomic E-state index is 0.210. The molecule has 1 heterocycles. The number of carbonyl (C=O) groups excluding carboxylic acids is 3. The van der Waals surface area contributed by atoms with Gasteiger partial charge in [-0.1, -0.05) is 36.4 Å². The zero-order valence-corrected chi connectivity index (χ0v) is 19.1. The second-order valence-electron chi connectivity index (χ2n) is 7.91. The van der Waals surface area contributed by atoms with Crippen molar-refractivity contribution in [1.82, 2.24) is 4.90 Å². The fourth-order valence-corrected chi connectivity index (χ4v) is 3.99. The molecule has 0 saturated heterocycles. The maximum Gasteiger partial charge on any atom is 0.266 e. The normalized spacial score (nSPS) is 12.4. The number of nitrogens with zero attached hydrogens (tertiary/aromatic N) is 2. The van der Waals surface area contributed by atoms with Crippen molar-refractivity contribution in [3.63, 3.8) is 0 Å². The van der Waals surface area contributed by atoms with Gasteiger partial charge in [0.25, 0.3) is 17.7 Å². The lowest BCUT2D eigenvalue weighted by Crippen LogP contribution is -2.33. The monoisotopic (exact) mass is 454 g/mol. The molecule has 4 rings (SSSR count). The Kier molecular flexibility index (Phi) is 6.87. The van der Waals surface area contributed by atoms with Gasteiger partial charge in [-0.2, -0.15) is 0 Å². The first-order chi connectivity index (χ1) is 16.5. The van der Waals surface area contributed by atoms with Gasteiger partial charge < -0.3 is 9.64 Å². The Morgan fingerprint density at radius 2 is 1.68 bits per heavy atom. The predicted octanol–water partition coefficient (Wildman–Crippen LogP) is 4.76. The maximum atomic E-state index is 13.2. The number of carbonyl (C=O) groups is 3. The van der Waals surface area contributed by atoms with Gasteiger partial charge in [0, 0.05) is 18.7 Å². The molecule has 3 aromatic carbocycles. The number of fused-ring (bicyclic) bond motifs is 1. The van der Waals surface area contributed by atoms with Crippen LogP contribution in [0.3, 0.4) is 0 Å². The molecule has 172 valence electrons. The quantitative estimate of drug-likeness (QED) is 0.345. The zero-order valence-electron chi connectivity index (χ0n) is 19.1. The highest BCUT2D eigenvalue weighted by molar-refractivity contribution is 6.34. The SMILES string of the molecule is C=CCN(CCc1ccccc1)C(=O)c1ccc2c(c1)C(=O)N(c1ccc(OCC)cc1)C2=O. The number of anilines is 1. The third-order valence-electron chi connectivity index (χ3n) is 5.69. The van der Waals surface area contributed by atoms with Gasteiger partial charge in [0.15, 0.2) is 0 Å². The highest BCUT2D eigenvalue weighted by atomic mass is 16.5. The molecule has 1 aliphatic heterocycles. The molecule has 3 amide bonds. The average molecular weight is 455 g/mol. The summed E-state index contributed by atoms with van der Waals surface area (Å²) in [6.45, 7) is 7.07. The predicted molar refractivity (Wildman–Crippen MR) is 131 cm³/mol. The van der Waals surface area contributed by atoms with Crippen LogP contribution in [0.4, 0.5) is 5.69 Å². The summed E-state index contributed by atoms with van der Waals surface area (Å²) in [6.07, 6.45) is 2.38. The lowest BCUT2D eigenvalue weighted by molar-refractivity contribution is 0.0775. The number of imide groups is 1. The number of hydrogen-bond acceptors (Lipinski definition) is 4. The second kappa shape index (κ2) is 10.2. The van der Waals surface area contributed by atoms with Crippen molar-refractivity contribution in [3.05, 3.63) is 108 Å². The summed E-state index contributed by atoms with van der Waals surface area (Å²) in [5.74, 6) is -0.402. The van der Waals surface area contributed by atoms with E-state index in [1.807, 2.05) is 37.3 Å². The van der Waals surface area contributed by atoms with E-state index in [1.165, 1.54) is 6.07 Å². The topological polar surface area (TPSA) is 66.9 Å². The minimum Gasteiger partial charge on any atom is -0.494 e. The van der Waals surface area contributed by atoms with Gasteiger partial charge in [0.1, 0.15) is 5.75 Å². The largest absolute Gasteiger partial charge is 0.494 e. The molecule has 0 bridgehead atoms. The van der Waals surface area contributed by atoms with E-state index in [4.69, 9.17) is 4.74 Å². The van der Waals surface area contributed by atoms with E-state index in [9.17, 15) is 14.4 Å². The Balaban J connectivity index is 1.55. The molecule has 0 saturated carbocycles. The highest BCUT2D eigenvalue weighted by Crippen LogP contribution is 2.30. The fourth-order valence-electron chi connectivity index (χ4n) is 3.99. The highest BCUT2D eigenvalue weighted by Gasteiger charge is 2.37. The summed E-state index contributed by atoms with van der Waals surface area (Å²) >= 11 is 0. The van der Waals surface area contributed by atoms with E-state index < -0.39 is 11.8 Å². The lowest BCUT2D eigenvalue weighted by Gasteiger charge is -2.21. The summed E-state index contributed by atoms with van der Waals surface area (Å²) in [7, 11) is 0. The van der Waals surface area contributed by atoms with Crippen LogP contribution in [0.25, 0.3) is 0 Å². The third-order valence-corrected chi connectivity index (χ3v) is 5.69. The summed E-state index contributed by atoms with van der Waals surface area (Å²) in [4.78, 5) is 42.2. The molecule has 3 aromatic rings. The standard InChI is InChI=1S/C28H26N2O4/c1-3-17-29(18-16-20-8-6-5-7-9-20)26(31)21-10-15-24-25(19-21)28(33)30(27(24)32)22-11-13-23(14-12-22)34-4-2/h3,5-15,19H,1,4,16-18H2,2H3. The van der Waals surface area contributed by atoms with Crippen molar-refractivity contribution >= 4 is 23.4 Å². The van der Waals surface area contributed by atoms with Crippen molar-refractivity contribution in [3.8, 4) is 5.75 Å². The fraction of sp³-hybridized carbons (Fsp3) is 0.179. The Morgan fingerprint density at radius 3 is 2.35 bits per heavy atom. The molecule has 0 fully saturated rings. The van der Waals surface area contributed by atoms with Crippen LogP contribution in [-0.2, 0) is 6.42 Å². The van der Waals surface area contributed by atoms with Crippen LogP contribution < -0.4 is 9.64 Å². The van der Waals surface area contributed by atoms with Crippen LogP contribution in [0.15, 0.2) is 85.5 Å². The van der Waals surface area contributed by atoms with Crippen LogP contribution in [0.2, 0.25) is 0 Å². The summed E-state index contributed by atoms with van der Waals surface area (Å²) < 4.78 is 5.43. The van der Waals surface area contributed by atoms with Crippen molar-refractivity contribution in [1.29, 1.82) is 0 Å². The summed E-state index contributed by atoms with van der Waals surface area (Å²) in [5, 5.41) is 0. The van der Waals surface area contributed by atoms with Crippen LogP contribution >= 0.6 is 0 Å². The molecule has 0 atom stereocenters. The maximum absolute atomic E-state index is 13.2. The van der Waals surface area contributed by atoms with E-state index in [0.717, 1.165) is 10.5 Å². The van der Waals surface area contributed by atoms with Crippen molar-refractivity contribution in [2.75, 3.05) is 24.6 Å². The molecule has 0 radical (unpaired) electrons. The molecule has 1 aliphatic rings. The van der Waals surface area contributed by atoms with Gasteiger partial charge in [-0.3, -0.25) is 14.4 Å². The number of amides is 3. The van der Waals surface area contributed by atoms with Gasteiger partial charge in [-0.05, 0) is 61.4 Å². The number of rotatable bonds is 9. The average Bonchev–Trinajstić information content (AvgIpc) is 3.12. The number of ether oxygens (including phenoxy) is 1. The Hall–Kier alpha value is -4.19. The number of benzene rings is 3. The van der Waals surface area contributed by atoms with E-state index in [2.05, 4.69) is 6.58 Å². The van der Waals surface area contributed by atoms with E-state index >= 15 is 0 Å². The summed E-state index contributed by atoms with van der Waals surface area (Å²) in [5.41, 5.74) is 2.47. The molecule has 6 heteroatoms. The van der Waals surface area contributed by atoms with E-state index in [1.54, 1.807) is 47.4 Å². The van der Waals surface area contributed by atoms with Gasteiger partial charge in [0.05, 0.1) is 23.4 Å². The molecule has 0 spiro atoms. The van der Waals surface area contributed by atoms with Gasteiger partial charge in [-0.25, -0.2) is 4.90 Å². The summed E-state index contributed by atoms with van der Waals surface area (Å²) in [6, 6.07) is 21.4. The third kappa shape index (κ3) is 4.62. The molecular formula is C28H26N2O4. The van der Waals surface area contributed by atoms with Crippen molar-refractivity contribution < 1.29 is 19.1 Å².